The molecule has 0 radical (unpaired) electrons. The molecule has 0 unspecified atom stereocenters. The second-order valence-corrected chi connectivity index (χ2v) is 7.79. The number of nitrogens with one attached hydrogen (secondary N) is 1. The predicted molar refractivity (Wildman–Crippen MR) is 124 cm³/mol. The van der Waals surface area contributed by atoms with Gasteiger partial charge in [0.15, 0.2) is 0 Å². The van der Waals surface area contributed by atoms with Crippen LogP contribution in [0.5, 0.6) is 0 Å². The van der Waals surface area contributed by atoms with Crippen LogP contribution < -0.4 is 10.2 Å². The third-order valence-electron chi connectivity index (χ3n) is 5.75. The van der Waals surface area contributed by atoms with E-state index in [0.29, 0.717) is 0 Å². The number of hydrogen-bond acceptors (Lipinski definition) is 5. The van der Waals surface area contributed by atoms with Gasteiger partial charge in [-0.3, -0.25) is 9.97 Å². The predicted octanol–water partition coefficient (Wildman–Crippen LogP) is 4.79. The maximum atomic E-state index is 4.53. The molecule has 1 fully saturated rings. The van der Waals surface area contributed by atoms with Crippen LogP contribution in [0.15, 0.2) is 79.3 Å². The molecule has 1 N–H and O–H groups in total. The summed E-state index contributed by atoms with van der Waals surface area (Å²) >= 11 is 0. The summed E-state index contributed by atoms with van der Waals surface area (Å²) in [6.07, 6.45) is 5.54. The molecule has 150 valence electrons. The van der Waals surface area contributed by atoms with E-state index in [9.17, 15) is 0 Å². The van der Waals surface area contributed by atoms with E-state index < -0.39 is 0 Å². The Morgan fingerprint density at radius 2 is 1.67 bits per heavy atom. The van der Waals surface area contributed by atoms with Crippen molar-refractivity contribution in [3.63, 3.8) is 0 Å². The third kappa shape index (κ3) is 3.84. The number of likely N-dealkylation sites (N-methyl/N-ethyl adjacent to an activating group) is 1. The zero-order valence-corrected chi connectivity index (χ0v) is 17.1. The summed E-state index contributed by atoms with van der Waals surface area (Å²) in [7, 11) is 2.18. The van der Waals surface area contributed by atoms with Crippen molar-refractivity contribution < 1.29 is 0 Å². The number of aromatic nitrogens is 2. The van der Waals surface area contributed by atoms with Gasteiger partial charge in [-0.15, -0.1) is 0 Å². The van der Waals surface area contributed by atoms with Gasteiger partial charge in [0.1, 0.15) is 0 Å². The van der Waals surface area contributed by atoms with E-state index in [-0.39, 0.29) is 0 Å². The lowest BCUT2D eigenvalue weighted by Crippen LogP contribution is -2.44. The molecule has 1 aliphatic rings. The molecule has 0 atom stereocenters. The lowest BCUT2D eigenvalue weighted by molar-refractivity contribution is 0.313. The van der Waals surface area contributed by atoms with Crippen LogP contribution in [0.4, 0.5) is 17.1 Å². The van der Waals surface area contributed by atoms with Gasteiger partial charge in [0.25, 0.3) is 0 Å². The highest BCUT2D eigenvalue weighted by Crippen LogP contribution is 2.30. The summed E-state index contributed by atoms with van der Waals surface area (Å²) in [5, 5.41) is 4.68. The molecule has 2 aromatic heterocycles. The monoisotopic (exact) mass is 395 g/mol. The highest BCUT2D eigenvalue weighted by atomic mass is 15.2. The summed E-state index contributed by atoms with van der Waals surface area (Å²) in [4.78, 5) is 13.6. The minimum atomic E-state index is 0.974. The molecule has 0 bridgehead atoms. The van der Waals surface area contributed by atoms with Crippen molar-refractivity contribution in [2.75, 3.05) is 43.4 Å². The van der Waals surface area contributed by atoms with Crippen LogP contribution >= 0.6 is 0 Å². The fourth-order valence-electron chi connectivity index (χ4n) is 3.94. The number of rotatable bonds is 4. The Bertz CT molecular complexity index is 1130. The van der Waals surface area contributed by atoms with E-state index in [0.717, 1.165) is 59.6 Å². The standard InChI is InChI=1S/C25H25N5/c1-29-13-15-30(16-14-29)22-7-5-21(6-8-22)28-25-10-12-27-24-9-4-19(17-23(24)25)20-3-2-11-26-18-20/h2-12,17-18H,13-16H2,1H3,(H,27,28). The number of nitrogens with zero attached hydrogens (tertiary/aromatic N) is 4. The first-order chi connectivity index (χ1) is 14.8. The molecule has 1 aliphatic heterocycles. The van der Waals surface area contributed by atoms with E-state index in [1.54, 1.807) is 6.20 Å². The van der Waals surface area contributed by atoms with Crippen molar-refractivity contribution in [1.82, 2.24) is 14.9 Å². The summed E-state index contributed by atoms with van der Waals surface area (Å²) in [6, 6.07) is 21.1. The summed E-state index contributed by atoms with van der Waals surface area (Å²) in [5.74, 6) is 0. The molecule has 3 heterocycles. The van der Waals surface area contributed by atoms with Crippen molar-refractivity contribution in [2.24, 2.45) is 0 Å². The molecule has 0 amide bonds. The zero-order valence-electron chi connectivity index (χ0n) is 17.1. The second-order valence-electron chi connectivity index (χ2n) is 7.79. The highest BCUT2D eigenvalue weighted by Gasteiger charge is 2.14. The molecule has 4 aromatic rings. The largest absolute Gasteiger partial charge is 0.369 e. The normalized spacial score (nSPS) is 14.8. The van der Waals surface area contributed by atoms with Crippen molar-refractivity contribution in [3.8, 4) is 11.1 Å². The topological polar surface area (TPSA) is 44.3 Å². The maximum absolute atomic E-state index is 4.53. The average Bonchev–Trinajstić information content (AvgIpc) is 2.81. The molecule has 2 aromatic carbocycles. The molecule has 0 saturated carbocycles. The van der Waals surface area contributed by atoms with Crippen LogP contribution in [0.2, 0.25) is 0 Å². The minimum absolute atomic E-state index is 0.974. The number of fused-ring (bicyclic) bond motifs is 1. The molecular formula is C25H25N5. The molecule has 5 rings (SSSR count). The Kier molecular flexibility index (Phi) is 5.03. The number of piperazine rings is 1. The maximum Gasteiger partial charge on any atom is 0.0723 e. The summed E-state index contributed by atoms with van der Waals surface area (Å²) in [6.45, 7) is 4.38. The van der Waals surface area contributed by atoms with Crippen molar-refractivity contribution in [1.29, 1.82) is 0 Å². The van der Waals surface area contributed by atoms with Crippen LogP contribution in [0.1, 0.15) is 0 Å². The van der Waals surface area contributed by atoms with Crippen LogP contribution in [0.3, 0.4) is 0 Å². The second kappa shape index (κ2) is 8.13. The van der Waals surface area contributed by atoms with Gasteiger partial charge in [0.05, 0.1) is 5.52 Å². The van der Waals surface area contributed by atoms with Crippen molar-refractivity contribution in [2.45, 2.75) is 0 Å². The van der Waals surface area contributed by atoms with Gasteiger partial charge in [-0.2, -0.15) is 0 Å². The first kappa shape index (κ1) is 18.6. The van der Waals surface area contributed by atoms with Gasteiger partial charge < -0.3 is 15.1 Å². The van der Waals surface area contributed by atoms with Crippen molar-refractivity contribution in [3.05, 3.63) is 79.3 Å². The van der Waals surface area contributed by atoms with E-state index in [2.05, 4.69) is 80.7 Å². The molecular weight excluding hydrogens is 370 g/mol. The van der Waals surface area contributed by atoms with Crippen LogP contribution in [-0.2, 0) is 0 Å². The smallest absolute Gasteiger partial charge is 0.0723 e. The Hall–Kier alpha value is -3.44. The Morgan fingerprint density at radius 1 is 0.833 bits per heavy atom. The number of pyridine rings is 2. The van der Waals surface area contributed by atoms with E-state index in [1.807, 2.05) is 24.5 Å². The first-order valence-corrected chi connectivity index (χ1v) is 10.4. The quantitative estimate of drug-likeness (QED) is 0.538. The number of hydrogen-bond donors (Lipinski definition) is 1. The van der Waals surface area contributed by atoms with E-state index >= 15 is 0 Å². The number of benzene rings is 2. The van der Waals surface area contributed by atoms with Gasteiger partial charge in [-0.1, -0.05) is 12.1 Å². The summed E-state index contributed by atoms with van der Waals surface area (Å²) < 4.78 is 0. The average molecular weight is 396 g/mol. The van der Waals surface area contributed by atoms with Gasteiger partial charge in [0.2, 0.25) is 0 Å². The van der Waals surface area contributed by atoms with E-state index in [4.69, 9.17) is 0 Å². The van der Waals surface area contributed by atoms with Crippen LogP contribution in [0, 0.1) is 0 Å². The summed E-state index contributed by atoms with van der Waals surface area (Å²) in [5.41, 5.74) is 6.63. The fraction of sp³-hybridized carbons (Fsp3) is 0.200. The fourth-order valence-corrected chi connectivity index (χ4v) is 3.94. The Labute approximate surface area is 177 Å². The molecule has 5 nitrogen and oxygen atoms in total. The van der Waals surface area contributed by atoms with Gasteiger partial charge >= 0.3 is 0 Å². The van der Waals surface area contributed by atoms with Gasteiger partial charge in [0, 0.05) is 72.8 Å². The van der Waals surface area contributed by atoms with Crippen molar-refractivity contribution >= 4 is 28.0 Å². The molecule has 1 saturated heterocycles. The lowest BCUT2D eigenvalue weighted by atomic mass is 10.0. The van der Waals surface area contributed by atoms with E-state index in [1.165, 1.54) is 5.69 Å². The zero-order chi connectivity index (χ0) is 20.3. The Balaban J connectivity index is 1.41. The minimum Gasteiger partial charge on any atom is -0.369 e. The third-order valence-corrected chi connectivity index (χ3v) is 5.75. The van der Waals surface area contributed by atoms with Gasteiger partial charge in [-0.05, 0) is 61.1 Å². The highest BCUT2D eigenvalue weighted by molar-refractivity contribution is 5.95. The molecule has 30 heavy (non-hydrogen) atoms. The lowest BCUT2D eigenvalue weighted by Gasteiger charge is -2.34. The SMILES string of the molecule is CN1CCN(c2ccc(Nc3ccnc4ccc(-c5cccnc5)cc34)cc2)CC1. The first-order valence-electron chi connectivity index (χ1n) is 10.4. The van der Waals surface area contributed by atoms with Crippen LogP contribution in [-0.4, -0.2) is 48.1 Å². The Morgan fingerprint density at radius 3 is 2.43 bits per heavy atom. The molecule has 0 aliphatic carbocycles. The number of anilines is 3. The van der Waals surface area contributed by atoms with Gasteiger partial charge in [-0.25, -0.2) is 0 Å². The molecule has 0 spiro atoms. The molecule has 5 heteroatoms. The van der Waals surface area contributed by atoms with Crippen LogP contribution in [0.25, 0.3) is 22.0 Å².